The SMILES string of the molecule is [CH2-]C(C)(C)C.[O-][I+2]([O-])[O-].[Zn+2]. The van der Waals surface area contributed by atoms with Gasteiger partial charge in [0.15, 0.2) is 0 Å². The molecule has 5 heteroatoms. The fraction of sp³-hybridized carbons (Fsp3) is 0.800. The third-order valence-electron chi connectivity index (χ3n) is 0. The normalized spacial score (nSPS) is 9.60. The summed E-state index contributed by atoms with van der Waals surface area (Å²) in [5.41, 5.74) is 0.250. The molecule has 0 unspecified atom stereocenters. The van der Waals surface area contributed by atoms with Crippen LogP contribution in [-0.2, 0) is 19.5 Å². The molecule has 0 amide bonds. The fourth-order valence-corrected chi connectivity index (χ4v) is 0. The Morgan fingerprint density at radius 3 is 1.10 bits per heavy atom. The summed E-state index contributed by atoms with van der Waals surface area (Å²) in [6, 6.07) is 0. The van der Waals surface area contributed by atoms with Crippen LogP contribution < -0.4 is 31.4 Å². The first kappa shape index (κ1) is 17.4. The Morgan fingerprint density at radius 2 is 1.10 bits per heavy atom. The molecule has 0 fully saturated rings. The van der Waals surface area contributed by atoms with E-state index in [1.54, 1.807) is 0 Å². The van der Waals surface area contributed by atoms with Gasteiger partial charge in [-0.1, -0.05) is 20.8 Å². The van der Waals surface area contributed by atoms with Crippen molar-refractivity contribution in [3.05, 3.63) is 6.92 Å². The average Bonchev–Trinajstić information content (AvgIpc) is 1.19. The maximum absolute atomic E-state index is 8.57. The minimum atomic E-state index is -4.01. The van der Waals surface area contributed by atoms with Crippen molar-refractivity contribution < 1.29 is 50.9 Å². The van der Waals surface area contributed by atoms with Gasteiger partial charge in [0.05, 0.1) is 0 Å². The van der Waals surface area contributed by atoms with Crippen molar-refractivity contribution in [2.75, 3.05) is 0 Å². The van der Waals surface area contributed by atoms with E-state index in [0.29, 0.717) is 0 Å². The molecule has 0 N–H and O–H groups in total. The van der Waals surface area contributed by atoms with Crippen LogP contribution in [0, 0.1) is 12.3 Å². The van der Waals surface area contributed by atoms with E-state index in [1.807, 2.05) is 0 Å². The molecule has 0 aliphatic heterocycles. The molecule has 0 atom stereocenters. The van der Waals surface area contributed by atoms with Gasteiger partial charge < -0.3 is 17.2 Å². The second-order valence-electron chi connectivity index (χ2n) is 2.75. The van der Waals surface area contributed by atoms with Crippen molar-refractivity contribution in [1.29, 1.82) is 0 Å². The van der Waals surface area contributed by atoms with Crippen LogP contribution in [0.2, 0.25) is 0 Å². The van der Waals surface area contributed by atoms with Gasteiger partial charge in [0.2, 0.25) is 0 Å². The van der Waals surface area contributed by atoms with E-state index in [2.05, 4.69) is 27.7 Å². The van der Waals surface area contributed by atoms with Crippen LogP contribution in [0.3, 0.4) is 0 Å². The van der Waals surface area contributed by atoms with E-state index in [1.165, 1.54) is 0 Å². The molecule has 0 rings (SSSR count). The minimum absolute atomic E-state index is 0. The first-order valence-corrected chi connectivity index (χ1v) is 4.96. The molecule has 10 heavy (non-hydrogen) atoms. The summed E-state index contributed by atoms with van der Waals surface area (Å²) in [7, 11) is 0. The van der Waals surface area contributed by atoms with Crippen molar-refractivity contribution in [2.24, 2.45) is 5.41 Å². The molecule has 0 aliphatic carbocycles. The monoisotopic (exact) mass is 310 g/mol. The molecule has 58 valence electrons. The van der Waals surface area contributed by atoms with Crippen LogP contribution in [-0.4, -0.2) is 0 Å². The molecule has 0 aromatic rings. The van der Waals surface area contributed by atoms with Crippen molar-refractivity contribution in [3.8, 4) is 0 Å². The van der Waals surface area contributed by atoms with Crippen LogP contribution >= 0.6 is 0 Å². The summed E-state index contributed by atoms with van der Waals surface area (Å²) in [4.78, 5) is 0. The Labute approximate surface area is 83.6 Å². The van der Waals surface area contributed by atoms with Gasteiger partial charge in [-0.15, -0.1) is 0 Å². The summed E-state index contributed by atoms with van der Waals surface area (Å²) < 4.78 is 25.7. The van der Waals surface area contributed by atoms with Gasteiger partial charge in [0, 0.05) is 0 Å². The molecule has 0 bridgehead atoms. The summed E-state index contributed by atoms with van der Waals surface area (Å²) >= 11 is -4.01. The molecule has 3 nitrogen and oxygen atoms in total. The Bertz CT molecular complexity index is 53.6. The molecule has 0 heterocycles. The molecular formula is C5H11IO3Zn. The zero-order valence-corrected chi connectivity index (χ0v) is 11.6. The number of rotatable bonds is 0. The second-order valence-corrected chi connectivity index (χ2v) is 3.83. The minimum Gasteiger partial charge on any atom is -0.427 e. The van der Waals surface area contributed by atoms with Gasteiger partial charge in [-0.25, -0.2) is 0 Å². The summed E-state index contributed by atoms with van der Waals surface area (Å²) in [6.45, 7) is 10.0. The Kier molecular flexibility index (Phi) is 14.5. The van der Waals surface area contributed by atoms with E-state index >= 15 is 0 Å². The third-order valence-corrected chi connectivity index (χ3v) is 0. The summed E-state index contributed by atoms with van der Waals surface area (Å²) in [5, 5.41) is 0. The quantitative estimate of drug-likeness (QED) is 0.256. The summed E-state index contributed by atoms with van der Waals surface area (Å²) in [5.74, 6) is 0. The van der Waals surface area contributed by atoms with Crippen LogP contribution in [0.25, 0.3) is 0 Å². The molecule has 0 saturated heterocycles. The molecule has 0 saturated carbocycles. The molecule has 0 aliphatic rings. The van der Waals surface area contributed by atoms with E-state index in [9.17, 15) is 0 Å². The molecular weight excluding hydrogens is 300 g/mol. The van der Waals surface area contributed by atoms with E-state index in [4.69, 9.17) is 10.3 Å². The van der Waals surface area contributed by atoms with Crippen LogP contribution in [0.4, 0.5) is 0 Å². The Hall–Kier alpha value is 1.23. The predicted molar refractivity (Wildman–Crippen MR) is 24.8 cm³/mol. The smallest absolute Gasteiger partial charge is 0.427 e. The van der Waals surface area contributed by atoms with E-state index < -0.39 is 21.1 Å². The van der Waals surface area contributed by atoms with Gasteiger partial charge in [-0.3, -0.25) is 0 Å². The fourth-order valence-electron chi connectivity index (χ4n) is 0. The summed E-state index contributed by atoms with van der Waals surface area (Å²) in [6.07, 6.45) is 0. The van der Waals surface area contributed by atoms with Gasteiger partial charge >= 0.3 is 19.5 Å². The first-order valence-electron chi connectivity index (χ1n) is 2.32. The van der Waals surface area contributed by atoms with Gasteiger partial charge in [-0.2, -0.15) is 5.41 Å². The van der Waals surface area contributed by atoms with Gasteiger partial charge in [-0.05, 0) is 0 Å². The predicted octanol–water partition coefficient (Wildman–Crippen LogP) is -4.70. The largest absolute Gasteiger partial charge is 2.00 e. The molecule has 0 spiro atoms. The van der Waals surface area contributed by atoms with Crippen LogP contribution in [0.5, 0.6) is 0 Å². The average molecular weight is 311 g/mol. The van der Waals surface area contributed by atoms with E-state index in [0.717, 1.165) is 0 Å². The van der Waals surface area contributed by atoms with Crippen molar-refractivity contribution in [3.63, 3.8) is 0 Å². The topological polar surface area (TPSA) is 69.2 Å². The molecule has 0 aromatic carbocycles. The van der Waals surface area contributed by atoms with Crippen molar-refractivity contribution >= 4 is 0 Å². The maximum Gasteiger partial charge on any atom is 2.00 e. The van der Waals surface area contributed by atoms with Crippen molar-refractivity contribution in [2.45, 2.75) is 20.8 Å². The standard InChI is InChI=1S/C5H11.IO3.Zn/c1-5(2,3)4;2-1(3)4;/h1H2,2-4H3;;/q2*-1;+2. The van der Waals surface area contributed by atoms with Gasteiger partial charge in [0.25, 0.3) is 21.1 Å². The van der Waals surface area contributed by atoms with Crippen LogP contribution in [0.15, 0.2) is 0 Å². The zero-order valence-electron chi connectivity index (χ0n) is 6.52. The Morgan fingerprint density at radius 1 is 1.10 bits per heavy atom. The third kappa shape index (κ3) is 411. The molecule has 0 radical (unpaired) electrons. The number of halogens is 1. The van der Waals surface area contributed by atoms with Gasteiger partial charge in [0.1, 0.15) is 0 Å². The first-order chi connectivity index (χ1) is 3.73. The zero-order chi connectivity index (χ0) is 8.08. The number of hydrogen-bond donors (Lipinski definition) is 0. The van der Waals surface area contributed by atoms with Crippen LogP contribution in [0.1, 0.15) is 20.8 Å². The van der Waals surface area contributed by atoms with Crippen molar-refractivity contribution in [1.82, 2.24) is 0 Å². The van der Waals surface area contributed by atoms with E-state index in [-0.39, 0.29) is 24.9 Å². The Balaban J connectivity index is -0.0000000910. The second kappa shape index (κ2) is 8.33. The maximum atomic E-state index is 8.57. The number of hydrogen-bond acceptors (Lipinski definition) is 3. The molecule has 0 aromatic heterocycles.